The molecular formula is C32H36N8O2S. The molecule has 4 heterocycles. The number of anilines is 2. The molecule has 1 aliphatic heterocycles. The van der Waals surface area contributed by atoms with E-state index < -0.39 is 0 Å². The summed E-state index contributed by atoms with van der Waals surface area (Å²) in [4.78, 5) is 27.7. The molecule has 43 heavy (non-hydrogen) atoms. The number of para-hydroxylation sites is 2. The molecule has 5 aromatic rings. The first kappa shape index (κ1) is 27.8. The number of fused-ring (bicyclic) bond motifs is 2. The van der Waals surface area contributed by atoms with Crippen LogP contribution >= 0.6 is 11.3 Å². The van der Waals surface area contributed by atoms with Gasteiger partial charge in [0, 0.05) is 36.9 Å². The highest BCUT2D eigenvalue weighted by molar-refractivity contribution is 7.20. The Labute approximate surface area is 254 Å². The van der Waals surface area contributed by atoms with Crippen molar-refractivity contribution in [2.75, 3.05) is 44.3 Å². The van der Waals surface area contributed by atoms with Crippen molar-refractivity contribution in [2.24, 2.45) is 0 Å². The molecule has 222 valence electrons. The van der Waals surface area contributed by atoms with E-state index in [1.165, 1.54) is 17.7 Å². The molecule has 1 saturated heterocycles. The number of hydrogen-bond donors (Lipinski definition) is 2. The lowest BCUT2D eigenvalue weighted by atomic mass is 9.90. The highest BCUT2D eigenvalue weighted by Crippen LogP contribution is 2.35. The quantitative estimate of drug-likeness (QED) is 0.264. The van der Waals surface area contributed by atoms with Crippen LogP contribution in [0.4, 0.5) is 11.5 Å². The predicted molar refractivity (Wildman–Crippen MR) is 171 cm³/mol. The SMILES string of the molecule is CN1CCN([C@H]2CC[C@@H](n3nc(COc4ccccc4NC(=O)c4cc5ccccc5s4)c4c(N)ncnc43)CC2)CC1. The van der Waals surface area contributed by atoms with Crippen LogP contribution in [-0.2, 0) is 6.61 Å². The fourth-order valence-electron chi connectivity index (χ4n) is 6.40. The lowest BCUT2D eigenvalue weighted by Gasteiger charge is -2.41. The number of hydrogen-bond acceptors (Lipinski definition) is 9. The summed E-state index contributed by atoms with van der Waals surface area (Å²) in [6, 6.07) is 18.2. The number of carbonyl (C=O) groups is 1. The van der Waals surface area contributed by atoms with Crippen molar-refractivity contribution in [1.82, 2.24) is 29.5 Å². The van der Waals surface area contributed by atoms with E-state index in [1.807, 2.05) is 59.3 Å². The maximum absolute atomic E-state index is 13.1. The lowest BCUT2D eigenvalue weighted by Crippen LogP contribution is -2.49. The second-order valence-corrected chi connectivity index (χ2v) is 12.6. The Morgan fingerprint density at radius 2 is 1.74 bits per heavy atom. The molecule has 2 aliphatic rings. The molecule has 2 fully saturated rings. The highest BCUT2D eigenvalue weighted by atomic mass is 32.1. The van der Waals surface area contributed by atoms with Gasteiger partial charge in [-0.15, -0.1) is 11.3 Å². The molecule has 1 aliphatic carbocycles. The second kappa shape index (κ2) is 11.9. The first-order valence-electron chi connectivity index (χ1n) is 15.0. The fraction of sp³-hybridized carbons (Fsp3) is 0.375. The summed E-state index contributed by atoms with van der Waals surface area (Å²) < 4.78 is 9.40. The lowest BCUT2D eigenvalue weighted by molar-refractivity contribution is 0.0814. The molecule has 10 nitrogen and oxygen atoms in total. The molecule has 3 N–H and O–H groups in total. The third-order valence-electron chi connectivity index (χ3n) is 8.81. The van der Waals surface area contributed by atoms with Gasteiger partial charge in [0.2, 0.25) is 0 Å². The van der Waals surface area contributed by atoms with Gasteiger partial charge >= 0.3 is 0 Å². The first-order chi connectivity index (χ1) is 21.0. The van der Waals surface area contributed by atoms with Crippen LogP contribution in [0.2, 0.25) is 0 Å². The van der Waals surface area contributed by atoms with Crippen LogP contribution in [0.25, 0.3) is 21.1 Å². The van der Waals surface area contributed by atoms with E-state index in [4.69, 9.17) is 15.6 Å². The van der Waals surface area contributed by atoms with Gasteiger partial charge < -0.3 is 20.7 Å². The third kappa shape index (κ3) is 5.67. The molecule has 0 spiro atoms. The number of piperazine rings is 1. The van der Waals surface area contributed by atoms with Crippen molar-refractivity contribution in [3.63, 3.8) is 0 Å². The van der Waals surface area contributed by atoms with Crippen molar-refractivity contribution in [2.45, 2.75) is 44.4 Å². The summed E-state index contributed by atoms with van der Waals surface area (Å²) in [5.74, 6) is 0.784. The normalized spacial score (nSPS) is 20.0. The van der Waals surface area contributed by atoms with Crippen molar-refractivity contribution in [3.8, 4) is 5.75 Å². The number of likely N-dealkylation sites (N-methyl/N-ethyl adjacent to an activating group) is 1. The minimum absolute atomic E-state index is 0.170. The van der Waals surface area contributed by atoms with Crippen LogP contribution in [0.3, 0.4) is 0 Å². The molecule has 0 bridgehead atoms. The molecule has 2 aromatic carbocycles. The maximum atomic E-state index is 13.1. The molecule has 7 rings (SSSR count). The highest BCUT2D eigenvalue weighted by Gasteiger charge is 2.30. The van der Waals surface area contributed by atoms with Crippen LogP contribution in [0, 0.1) is 0 Å². The van der Waals surface area contributed by atoms with Crippen LogP contribution in [-0.4, -0.2) is 74.7 Å². The van der Waals surface area contributed by atoms with E-state index in [0.717, 1.165) is 73.0 Å². The summed E-state index contributed by atoms with van der Waals surface area (Å²) in [6.45, 7) is 4.75. The third-order valence-corrected chi connectivity index (χ3v) is 9.92. The standard InChI is InChI=1S/C32H36N8O2S/c1-38-14-16-39(17-15-38)22-10-12-23(13-11-22)40-31-29(30(33)34-20-35-31)25(37-40)19-42-26-8-4-3-7-24(26)36-32(41)28-18-21-6-2-5-9-27(21)43-28/h2-9,18,20,22-23H,10-17,19H2,1H3,(H,36,41)(H2,33,34,35)/t22-,23+. The van der Waals surface area contributed by atoms with Gasteiger partial charge in [-0.2, -0.15) is 5.10 Å². The van der Waals surface area contributed by atoms with Gasteiger partial charge in [-0.3, -0.25) is 9.69 Å². The number of nitrogens with one attached hydrogen (secondary N) is 1. The maximum Gasteiger partial charge on any atom is 0.265 e. The summed E-state index contributed by atoms with van der Waals surface area (Å²) in [5.41, 5.74) is 8.41. The van der Waals surface area contributed by atoms with E-state index in [1.54, 1.807) is 0 Å². The number of thiophene rings is 1. The average Bonchev–Trinajstić information content (AvgIpc) is 3.64. The second-order valence-electron chi connectivity index (χ2n) is 11.5. The minimum atomic E-state index is -0.170. The van der Waals surface area contributed by atoms with Gasteiger partial charge in [0.05, 0.1) is 22.0 Å². The van der Waals surface area contributed by atoms with Crippen LogP contribution in [0.15, 0.2) is 60.9 Å². The Kier molecular flexibility index (Phi) is 7.69. The first-order valence-corrected chi connectivity index (χ1v) is 15.8. The van der Waals surface area contributed by atoms with Crippen molar-refractivity contribution < 1.29 is 9.53 Å². The average molecular weight is 597 g/mol. The van der Waals surface area contributed by atoms with Gasteiger partial charge in [0.15, 0.2) is 5.65 Å². The molecule has 11 heteroatoms. The Morgan fingerprint density at radius 3 is 2.56 bits per heavy atom. The largest absolute Gasteiger partial charge is 0.485 e. The van der Waals surface area contributed by atoms with E-state index >= 15 is 0 Å². The monoisotopic (exact) mass is 596 g/mol. The number of benzene rings is 2. The number of amides is 1. The van der Waals surface area contributed by atoms with E-state index in [0.29, 0.717) is 33.9 Å². The molecule has 0 unspecified atom stereocenters. The molecule has 0 radical (unpaired) electrons. The number of aromatic nitrogens is 4. The van der Waals surface area contributed by atoms with Gasteiger partial charge in [-0.25, -0.2) is 14.6 Å². The minimum Gasteiger partial charge on any atom is -0.485 e. The van der Waals surface area contributed by atoms with E-state index in [9.17, 15) is 4.79 Å². The summed E-state index contributed by atoms with van der Waals surface area (Å²) >= 11 is 1.47. The van der Waals surface area contributed by atoms with Crippen LogP contribution in [0.5, 0.6) is 5.75 Å². The van der Waals surface area contributed by atoms with Gasteiger partial charge in [0.1, 0.15) is 30.2 Å². The van der Waals surface area contributed by atoms with E-state index in [-0.39, 0.29) is 18.6 Å². The van der Waals surface area contributed by atoms with Crippen molar-refractivity contribution in [1.29, 1.82) is 0 Å². The number of nitrogen functional groups attached to an aromatic ring is 1. The number of nitrogens with zero attached hydrogens (tertiary/aromatic N) is 6. The molecule has 1 saturated carbocycles. The zero-order valence-electron chi connectivity index (χ0n) is 24.3. The fourth-order valence-corrected chi connectivity index (χ4v) is 7.36. The Balaban J connectivity index is 1.07. The molecular weight excluding hydrogens is 560 g/mol. The van der Waals surface area contributed by atoms with Gasteiger partial charge in [-0.05, 0) is 62.4 Å². The van der Waals surface area contributed by atoms with Crippen molar-refractivity contribution in [3.05, 3.63) is 71.5 Å². The number of nitrogens with two attached hydrogens (primary N) is 1. The zero-order valence-corrected chi connectivity index (χ0v) is 25.1. The number of ether oxygens (including phenoxy) is 1. The van der Waals surface area contributed by atoms with Crippen molar-refractivity contribution >= 4 is 49.9 Å². The number of rotatable bonds is 7. The number of carbonyl (C=O) groups excluding carboxylic acids is 1. The summed E-state index contributed by atoms with van der Waals surface area (Å²) in [5, 5.41) is 9.81. The van der Waals surface area contributed by atoms with Gasteiger partial charge in [-0.1, -0.05) is 30.3 Å². The summed E-state index contributed by atoms with van der Waals surface area (Å²) in [7, 11) is 2.20. The molecule has 1 amide bonds. The smallest absolute Gasteiger partial charge is 0.265 e. The van der Waals surface area contributed by atoms with Crippen LogP contribution < -0.4 is 15.8 Å². The molecule has 3 aromatic heterocycles. The summed E-state index contributed by atoms with van der Waals surface area (Å²) in [6.07, 6.45) is 5.90. The Morgan fingerprint density at radius 1 is 1.00 bits per heavy atom. The van der Waals surface area contributed by atoms with E-state index in [2.05, 4.69) is 32.1 Å². The Bertz CT molecular complexity index is 1720. The molecule has 0 atom stereocenters. The zero-order chi connectivity index (χ0) is 29.3. The predicted octanol–water partition coefficient (Wildman–Crippen LogP) is 5.19. The Hall–Kier alpha value is -4.06. The van der Waals surface area contributed by atoms with Crippen LogP contribution in [0.1, 0.15) is 47.1 Å². The van der Waals surface area contributed by atoms with Gasteiger partial charge in [0.25, 0.3) is 5.91 Å². The topological polar surface area (TPSA) is 114 Å².